The summed E-state index contributed by atoms with van der Waals surface area (Å²) >= 11 is 0. The molecule has 1 N–H and O–H groups in total. The zero-order valence-corrected chi connectivity index (χ0v) is 12.4. The van der Waals surface area contributed by atoms with E-state index < -0.39 is 0 Å². The Morgan fingerprint density at radius 1 is 1.00 bits per heavy atom. The van der Waals surface area contributed by atoms with Crippen molar-refractivity contribution in [2.24, 2.45) is 0 Å². The van der Waals surface area contributed by atoms with Gasteiger partial charge in [-0.05, 0) is 24.6 Å². The lowest BCUT2D eigenvalue weighted by Crippen LogP contribution is -2.26. The topological polar surface area (TPSA) is 46.2 Å². The van der Waals surface area contributed by atoms with Gasteiger partial charge in [0.05, 0.1) is 6.04 Å². The van der Waals surface area contributed by atoms with Crippen molar-refractivity contribution in [2.45, 2.75) is 25.8 Å². The number of nitrogens with one attached hydrogen (secondary N) is 1. The van der Waals surface area contributed by atoms with Crippen LogP contribution in [0.5, 0.6) is 0 Å². The Kier molecular flexibility index (Phi) is 5.42. The number of carbonyl (C=O) groups excluding carboxylic acids is 2. The van der Waals surface area contributed by atoms with Crippen molar-refractivity contribution < 1.29 is 14.0 Å². The first-order chi connectivity index (χ1) is 10.6. The van der Waals surface area contributed by atoms with Crippen LogP contribution >= 0.6 is 0 Å². The molecule has 0 aliphatic rings. The van der Waals surface area contributed by atoms with Crippen molar-refractivity contribution in [2.75, 3.05) is 0 Å². The number of halogens is 1. The van der Waals surface area contributed by atoms with Gasteiger partial charge in [-0.2, -0.15) is 0 Å². The molecule has 4 heteroatoms. The Morgan fingerprint density at radius 2 is 1.64 bits per heavy atom. The maximum Gasteiger partial charge on any atom is 0.220 e. The zero-order valence-electron chi connectivity index (χ0n) is 12.4. The maximum atomic E-state index is 12.9. The van der Waals surface area contributed by atoms with Gasteiger partial charge in [0, 0.05) is 18.4 Å². The van der Waals surface area contributed by atoms with Gasteiger partial charge in [0.1, 0.15) is 5.82 Å². The van der Waals surface area contributed by atoms with E-state index in [1.807, 2.05) is 13.0 Å². The second kappa shape index (κ2) is 7.50. The number of hydrogen-bond donors (Lipinski definition) is 1. The highest BCUT2D eigenvalue weighted by Gasteiger charge is 2.12. The fraction of sp³-hybridized carbons (Fsp3) is 0.222. The molecule has 0 saturated heterocycles. The summed E-state index contributed by atoms with van der Waals surface area (Å²) in [7, 11) is 0. The van der Waals surface area contributed by atoms with Crippen LogP contribution in [0.15, 0.2) is 54.6 Å². The number of hydrogen-bond acceptors (Lipinski definition) is 2. The predicted molar refractivity (Wildman–Crippen MR) is 83.0 cm³/mol. The molecule has 114 valence electrons. The number of amides is 1. The van der Waals surface area contributed by atoms with Crippen molar-refractivity contribution in [1.82, 2.24) is 5.32 Å². The van der Waals surface area contributed by atoms with Gasteiger partial charge in [0.2, 0.25) is 5.91 Å². The molecule has 2 aromatic rings. The van der Waals surface area contributed by atoms with Gasteiger partial charge in [-0.3, -0.25) is 9.59 Å². The van der Waals surface area contributed by atoms with E-state index in [0.717, 1.165) is 5.56 Å². The standard InChI is InChI=1S/C18H18FNO2/c1-13(14-7-9-16(19)10-8-14)20-18(22)12-11-17(21)15-5-3-2-4-6-15/h2-10,13H,11-12H2,1H3,(H,20,22)/t13-/m1/s1. The molecule has 0 spiro atoms. The molecule has 22 heavy (non-hydrogen) atoms. The summed E-state index contributed by atoms with van der Waals surface area (Å²) in [5.74, 6) is -0.554. The molecule has 3 nitrogen and oxygen atoms in total. The number of rotatable bonds is 6. The lowest BCUT2D eigenvalue weighted by molar-refractivity contribution is -0.121. The average Bonchev–Trinajstić information content (AvgIpc) is 2.54. The van der Waals surface area contributed by atoms with Crippen LogP contribution in [0.2, 0.25) is 0 Å². The van der Waals surface area contributed by atoms with Crippen LogP contribution in [-0.4, -0.2) is 11.7 Å². The summed E-state index contributed by atoms with van der Waals surface area (Å²) in [4.78, 5) is 23.8. The van der Waals surface area contributed by atoms with Gasteiger partial charge in [-0.15, -0.1) is 0 Å². The minimum absolute atomic E-state index is 0.0508. The van der Waals surface area contributed by atoms with Gasteiger partial charge in [0.15, 0.2) is 5.78 Å². The lowest BCUT2D eigenvalue weighted by atomic mass is 10.1. The van der Waals surface area contributed by atoms with Crippen LogP contribution in [0.4, 0.5) is 4.39 Å². The molecule has 0 heterocycles. The van der Waals surface area contributed by atoms with Crippen LogP contribution < -0.4 is 5.32 Å². The molecule has 0 unspecified atom stereocenters. The van der Waals surface area contributed by atoms with Gasteiger partial charge >= 0.3 is 0 Å². The van der Waals surface area contributed by atoms with E-state index >= 15 is 0 Å². The minimum Gasteiger partial charge on any atom is -0.350 e. The molecule has 1 amide bonds. The van der Waals surface area contributed by atoms with E-state index in [0.29, 0.717) is 5.56 Å². The summed E-state index contributed by atoms with van der Waals surface area (Å²) in [6.45, 7) is 1.82. The van der Waals surface area contributed by atoms with Gasteiger partial charge in [-0.25, -0.2) is 4.39 Å². The van der Waals surface area contributed by atoms with Crippen molar-refractivity contribution in [3.63, 3.8) is 0 Å². The highest BCUT2D eigenvalue weighted by atomic mass is 19.1. The second-order valence-electron chi connectivity index (χ2n) is 5.13. The molecule has 0 aliphatic carbocycles. The molecule has 0 bridgehead atoms. The van der Waals surface area contributed by atoms with Crippen LogP contribution in [-0.2, 0) is 4.79 Å². The Labute approximate surface area is 129 Å². The summed E-state index contributed by atoms with van der Waals surface area (Å²) in [6.07, 6.45) is 0.311. The van der Waals surface area contributed by atoms with E-state index in [2.05, 4.69) is 5.32 Å². The molecule has 2 aromatic carbocycles. The van der Waals surface area contributed by atoms with Crippen molar-refractivity contribution in [3.05, 3.63) is 71.5 Å². The molecule has 0 fully saturated rings. The smallest absolute Gasteiger partial charge is 0.220 e. The van der Waals surface area contributed by atoms with E-state index in [1.54, 1.807) is 36.4 Å². The first kappa shape index (κ1) is 15.9. The van der Waals surface area contributed by atoms with Gasteiger partial charge < -0.3 is 5.32 Å². The summed E-state index contributed by atoms with van der Waals surface area (Å²) < 4.78 is 12.9. The molecular formula is C18H18FNO2. The third-order valence-corrected chi connectivity index (χ3v) is 3.42. The van der Waals surface area contributed by atoms with Crippen LogP contribution in [0.1, 0.15) is 41.7 Å². The Balaban J connectivity index is 1.83. The van der Waals surface area contributed by atoms with Crippen molar-refractivity contribution >= 4 is 11.7 Å². The first-order valence-corrected chi connectivity index (χ1v) is 7.19. The average molecular weight is 299 g/mol. The van der Waals surface area contributed by atoms with Crippen LogP contribution in [0, 0.1) is 5.82 Å². The largest absolute Gasteiger partial charge is 0.350 e. The molecule has 0 aromatic heterocycles. The fourth-order valence-electron chi connectivity index (χ4n) is 2.14. The maximum absolute atomic E-state index is 12.9. The third kappa shape index (κ3) is 4.52. The predicted octanol–water partition coefficient (Wildman–Crippen LogP) is 3.67. The Hall–Kier alpha value is -2.49. The fourth-order valence-corrected chi connectivity index (χ4v) is 2.14. The van der Waals surface area contributed by atoms with E-state index in [9.17, 15) is 14.0 Å². The molecular weight excluding hydrogens is 281 g/mol. The summed E-state index contributed by atoms with van der Waals surface area (Å²) in [6, 6.07) is 14.7. The zero-order chi connectivity index (χ0) is 15.9. The third-order valence-electron chi connectivity index (χ3n) is 3.42. The van der Waals surface area contributed by atoms with Crippen molar-refractivity contribution in [1.29, 1.82) is 0 Å². The molecule has 2 rings (SSSR count). The second-order valence-corrected chi connectivity index (χ2v) is 5.13. The van der Waals surface area contributed by atoms with E-state index in [4.69, 9.17) is 0 Å². The Morgan fingerprint density at radius 3 is 2.27 bits per heavy atom. The number of benzene rings is 2. The lowest BCUT2D eigenvalue weighted by Gasteiger charge is -2.14. The molecule has 0 aliphatic heterocycles. The number of ketones is 1. The molecule has 1 atom stereocenters. The molecule has 0 saturated carbocycles. The first-order valence-electron chi connectivity index (χ1n) is 7.19. The SMILES string of the molecule is C[C@@H](NC(=O)CCC(=O)c1ccccc1)c1ccc(F)cc1. The highest BCUT2D eigenvalue weighted by Crippen LogP contribution is 2.13. The monoisotopic (exact) mass is 299 g/mol. The van der Waals surface area contributed by atoms with Crippen LogP contribution in [0.25, 0.3) is 0 Å². The normalized spacial score (nSPS) is 11.7. The Bertz CT molecular complexity index is 638. The number of carbonyl (C=O) groups is 2. The van der Waals surface area contributed by atoms with E-state index in [-0.39, 0.29) is 36.4 Å². The summed E-state index contributed by atoms with van der Waals surface area (Å²) in [5.41, 5.74) is 1.44. The quantitative estimate of drug-likeness (QED) is 0.827. The number of Topliss-reactive ketones (excluding diaryl/α,β-unsaturated/α-hetero) is 1. The van der Waals surface area contributed by atoms with Crippen molar-refractivity contribution in [3.8, 4) is 0 Å². The summed E-state index contributed by atoms with van der Waals surface area (Å²) in [5, 5.41) is 2.81. The molecule has 0 radical (unpaired) electrons. The highest BCUT2D eigenvalue weighted by molar-refractivity contribution is 5.97. The van der Waals surface area contributed by atoms with Gasteiger partial charge in [0.25, 0.3) is 0 Å². The van der Waals surface area contributed by atoms with Crippen LogP contribution in [0.3, 0.4) is 0 Å². The van der Waals surface area contributed by atoms with Gasteiger partial charge in [-0.1, -0.05) is 42.5 Å². The minimum atomic E-state index is -0.310. The van der Waals surface area contributed by atoms with E-state index in [1.165, 1.54) is 12.1 Å².